The largest absolute Gasteiger partial charge is 0.309 e. The van der Waals surface area contributed by atoms with E-state index in [0.717, 1.165) is 0 Å². The summed E-state index contributed by atoms with van der Waals surface area (Å²) in [4.78, 5) is 0. The van der Waals surface area contributed by atoms with Crippen molar-refractivity contribution in [3.63, 3.8) is 0 Å². The Kier molecular flexibility index (Phi) is 2.80. The van der Waals surface area contributed by atoms with Gasteiger partial charge in [-0.1, -0.05) is 72.8 Å². The quantitative estimate of drug-likeness (QED) is 0.191. The second-order valence-electron chi connectivity index (χ2n) is 7.85. The van der Waals surface area contributed by atoms with E-state index in [4.69, 9.17) is 0 Å². The average molecular weight is 367 g/mol. The lowest BCUT2D eigenvalue weighted by atomic mass is 9.96. The number of benzene rings is 5. The normalized spacial score (nSPS) is 12.1. The molecule has 0 saturated carbocycles. The van der Waals surface area contributed by atoms with Crippen molar-refractivity contribution in [2.45, 2.75) is 0 Å². The number of aromatic nitrogens is 1. The second kappa shape index (κ2) is 5.36. The number of hydrogen-bond donors (Lipinski definition) is 0. The molecule has 29 heavy (non-hydrogen) atoms. The van der Waals surface area contributed by atoms with Crippen LogP contribution < -0.4 is 0 Å². The van der Waals surface area contributed by atoms with Crippen molar-refractivity contribution in [3.05, 3.63) is 103 Å². The van der Waals surface area contributed by atoms with Gasteiger partial charge in [-0.25, -0.2) is 0 Å². The molecular formula is C28H17N. The van der Waals surface area contributed by atoms with Gasteiger partial charge in [-0.05, 0) is 57.3 Å². The minimum atomic E-state index is 1.26. The highest BCUT2D eigenvalue weighted by Gasteiger charge is 2.14. The summed E-state index contributed by atoms with van der Waals surface area (Å²) in [7, 11) is 0. The van der Waals surface area contributed by atoms with Crippen molar-refractivity contribution < 1.29 is 0 Å². The first-order valence-corrected chi connectivity index (χ1v) is 10.0. The van der Waals surface area contributed by atoms with Crippen LogP contribution in [0.15, 0.2) is 103 Å². The fraction of sp³-hybridized carbons (Fsp3) is 0. The number of pyridine rings is 1. The maximum atomic E-state index is 2.44. The van der Waals surface area contributed by atoms with Crippen LogP contribution in [0.4, 0.5) is 0 Å². The van der Waals surface area contributed by atoms with Gasteiger partial charge >= 0.3 is 0 Å². The Morgan fingerprint density at radius 3 is 1.86 bits per heavy atom. The van der Waals surface area contributed by atoms with Crippen LogP contribution in [0.5, 0.6) is 0 Å². The number of nitrogens with zero attached hydrogens (tertiary/aromatic N) is 1. The first kappa shape index (κ1) is 15.1. The molecule has 0 aliphatic heterocycles. The molecule has 7 rings (SSSR count). The second-order valence-corrected chi connectivity index (χ2v) is 7.85. The summed E-state index contributed by atoms with van der Waals surface area (Å²) < 4.78 is 2.44. The monoisotopic (exact) mass is 367 g/mol. The van der Waals surface area contributed by atoms with Crippen LogP contribution in [0.25, 0.3) is 59.6 Å². The van der Waals surface area contributed by atoms with Gasteiger partial charge in [0, 0.05) is 16.2 Å². The molecule has 0 bridgehead atoms. The van der Waals surface area contributed by atoms with Crippen molar-refractivity contribution >= 4 is 59.6 Å². The topological polar surface area (TPSA) is 4.41 Å². The van der Waals surface area contributed by atoms with Crippen LogP contribution in [0, 0.1) is 0 Å². The molecule has 0 atom stereocenters. The van der Waals surface area contributed by atoms with Gasteiger partial charge in [0.05, 0.1) is 16.6 Å². The van der Waals surface area contributed by atoms with E-state index in [1.165, 1.54) is 59.6 Å². The summed E-state index contributed by atoms with van der Waals surface area (Å²) in [5.74, 6) is 0. The fourth-order valence-corrected chi connectivity index (χ4v) is 5.00. The van der Waals surface area contributed by atoms with Crippen molar-refractivity contribution in [3.8, 4) is 0 Å². The summed E-state index contributed by atoms with van der Waals surface area (Å²) >= 11 is 0. The van der Waals surface area contributed by atoms with E-state index < -0.39 is 0 Å². The molecule has 1 nitrogen and oxygen atoms in total. The zero-order chi connectivity index (χ0) is 18.9. The van der Waals surface area contributed by atoms with Gasteiger partial charge in [0.15, 0.2) is 0 Å². The van der Waals surface area contributed by atoms with Crippen molar-refractivity contribution in [2.75, 3.05) is 0 Å². The molecule has 0 N–H and O–H groups in total. The molecule has 2 aromatic heterocycles. The van der Waals surface area contributed by atoms with E-state index in [2.05, 4.69) is 108 Å². The van der Waals surface area contributed by atoms with Crippen LogP contribution in [-0.4, -0.2) is 4.40 Å². The summed E-state index contributed by atoms with van der Waals surface area (Å²) in [5.41, 5.74) is 3.80. The molecule has 7 aromatic rings. The molecule has 0 aliphatic carbocycles. The Morgan fingerprint density at radius 2 is 1.03 bits per heavy atom. The Labute approximate surface area is 167 Å². The Morgan fingerprint density at radius 1 is 0.379 bits per heavy atom. The molecule has 0 saturated heterocycles. The third kappa shape index (κ3) is 1.94. The molecular weight excluding hydrogens is 350 g/mol. The Bertz CT molecular complexity index is 1750. The van der Waals surface area contributed by atoms with E-state index in [-0.39, 0.29) is 0 Å². The molecule has 2 heterocycles. The van der Waals surface area contributed by atoms with Gasteiger partial charge < -0.3 is 4.40 Å². The molecule has 0 amide bonds. The predicted octanol–water partition coefficient (Wildman–Crippen LogP) is 7.71. The fourth-order valence-electron chi connectivity index (χ4n) is 5.00. The SMILES string of the molecule is c1ccc2cc3c(cc2c1)c1c2ccccc2ccc1n1c2ccccc2cc31. The van der Waals surface area contributed by atoms with Crippen molar-refractivity contribution in [1.82, 2.24) is 4.40 Å². The third-order valence-electron chi connectivity index (χ3n) is 6.29. The molecule has 0 aliphatic rings. The summed E-state index contributed by atoms with van der Waals surface area (Å²) in [5, 5.41) is 10.4. The number of rotatable bonds is 0. The highest BCUT2D eigenvalue weighted by Crippen LogP contribution is 2.39. The number of hydrogen-bond acceptors (Lipinski definition) is 0. The van der Waals surface area contributed by atoms with Gasteiger partial charge in [-0.15, -0.1) is 0 Å². The van der Waals surface area contributed by atoms with Gasteiger partial charge in [0.2, 0.25) is 0 Å². The van der Waals surface area contributed by atoms with E-state index in [0.29, 0.717) is 0 Å². The van der Waals surface area contributed by atoms with Crippen LogP contribution >= 0.6 is 0 Å². The van der Waals surface area contributed by atoms with E-state index in [9.17, 15) is 0 Å². The van der Waals surface area contributed by atoms with Gasteiger partial charge in [-0.3, -0.25) is 0 Å². The lowest BCUT2D eigenvalue weighted by Crippen LogP contribution is -1.92. The first-order chi connectivity index (χ1) is 14.4. The van der Waals surface area contributed by atoms with Crippen LogP contribution in [0.3, 0.4) is 0 Å². The summed E-state index contributed by atoms with van der Waals surface area (Å²) in [6.07, 6.45) is 0. The minimum Gasteiger partial charge on any atom is -0.309 e. The maximum Gasteiger partial charge on any atom is 0.0547 e. The van der Waals surface area contributed by atoms with Crippen LogP contribution in [0.2, 0.25) is 0 Å². The molecule has 0 fully saturated rings. The highest BCUT2D eigenvalue weighted by atomic mass is 14.9. The predicted molar refractivity (Wildman–Crippen MR) is 125 cm³/mol. The zero-order valence-electron chi connectivity index (χ0n) is 15.8. The standard InChI is InChI=1S/C28H17N/c1-2-9-20-16-24-23(15-19(20)8-1)27-17-21-10-4-6-12-25(21)29(27)26-14-13-18-7-3-5-11-22(18)28(24)26/h1-17H. The van der Waals surface area contributed by atoms with Gasteiger partial charge in [0.25, 0.3) is 0 Å². The number of para-hydroxylation sites is 1. The molecule has 5 aromatic carbocycles. The summed E-state index contributed by atoms with van der Waals surface area (Å²) in [6.45, 7) is 0. The molecule has 0 unspecified atom stereocenters. The van der Waals surface area contributed by atoms with Crippen molar-refractivity contribution in [1.29, 1.82) is 0 Å². The average Bonchev–Trinajstić information content (AvgIpc) is 3.17. The van der Waals surface area contributed by atoms with Crippen molar-refractivity contribution in [2.24, 2.45) is 0 Å². The van der Waals surface area contributed by atoms with E-state index >= 15 is 0 Å². The molecule has 1 heteroatoms. The van der Waals surface area contributed by atoms with E-state index in [1.54, 1.807) is 0 Å². The lowest BCUT2D eigenvalue weighted by Gasteiger charge is -2.14. The van der Waals surface area contributed by atoms with Crippen LogP contribution in [-0.2, 0) is 0 Å². The van der Waals surface area contributed by atoms with Gasteiger partial charge in [-0.2, -0.15) is 0 Å². The molecule has 134 valence electrons. The van der Waals surface area contributed by atoms with Crippen LogP contribution in [0.1, 0.15) is 0 Å². The Balaban J connectivity index is 1.90. The molecule has 0 radical (unpaired) electrons. The van der Waals surface area contributed by atoms with Gasteiger partial charge in [0.1, 0.15) is 0 Å². The number of fused-ring (bicyclic) bond motifs is 11. The highest BCUT2D eigenvalue weighted by molar-refractivity contribution is 6.25. The zero-order valence-corrected chi connectivity index (χ0v) is 15.8. The Hall–Kier alpha value is -3.84. The summed E-state index contributed by atoms with van der Waals surface area (Å²) in [6, 6.07) is 37.7. The molecule has 0 spiro atoms. The lowest BCUT2D eigenvalue weighted by molar-refractivity contribution is 1.35. The third-order valence-corrected chi connectivity index (χ3v) is 6.29. The smallest absolute Gasteiger partial charge is 0.0547 e. The minimum absolute atomic E-state index is 1.26. The maximum absolute atomic E-state index is 2.44. The first-order valence-electron chi connectivity index (χ1n) is 10.0. The van der Waals surface area contributed by atoms with E-state index in [1.807, 2.05) is 0 Å².